The van der Waals surface area contributed by atoms with E-state index in [-0.39, 0.29) is 6.10 Å². The Morgan fingerprint density at radius 2 is 1.79 bits per heavy atom. The fourth-order valence-corrected chi connectivity index (χ4v) is 2.31. The topological polar surface area (TPSA) is 41.9 Å². The van der Waals surface area contributed by atoms with E-state index in [1.54, 1.807) is 14.2 Å². The van der Waals surface area contributed by atoms with Gasteiger partial charge in [0.05, 0.1) is 20.3 Å². The summed E-state index contributed by atoms with van der Waals surface area (Å²) in [5.41, 5.74) is 1.16. The molecule has 1 unspecified atom stereocenters. The summed E-state index contributed by atoms with van der Waals surface area (Å²) < 4.78 is 10.6. The largest absolute Gasteiger partial charge is 0.497 e. The minimum absolute atomic E-state index is 0.298. The minimum atomic E-state index is -0.298. The minimum Gasteiger partial charge on any atom is -0.497 e. The number of hydrogen-bond acceptors (Lipinski definition) is 4. The third kappa shape index (κ3) is 4.11. The summed E-state index contributed by atoms with van der Waals surface area (Å²) in [7, 11) is 3.32. The Morgan fingerprint density at radius 1 is 1.21 bits per heavy atom. The van der Waals surface area contributed by atoms with Gasteiger partial charge in [-0.1, -0.05) is 0 Å². The van der Waals surface area contributed by atoms with Crippen LogP contribution in [0.4, 0.5) is 0 Å². The molecule has 19 heavy (non-hydrogen) atoms. The zero-order valence-corrected chi connectivity index (χ0v) is 11.9. The quantitative estimate of drug-likeness (QED) is 0.819. The molecule has 1 aromatic carbocycles. The number of methoxy groups -OCH3 is 2. The fourth-order valence-electron chi connectivity index (χ4n) is 2.31. The Morgan fingerprint density at radius 3 is 2.21 bits per heavy atom. The first-order valence-corrected chi connectivity index (χ1v) is 6.76. The molecule has 0 aromatic heterocycles. The van der Waals surface area contributed by atoms with Crippen molar-refractivity contribution in [2.75, 3.05) is 20.8 Å². The van der Waals surface area contributed by atoms with Gasteiger partial charge in [0, 0.05) is 25.2 Å². The standard InChI is InChI=1S/C15H23NO3/c1-11(17)9-16(13-4-5-13)10-12-6-14(18-2)8-15(7-12)19-3/h6-8,11,13,17H,4-5,9-10H2,1-3H3. The molecule has 2 rings (SSSR count). The molecule has 1 aliphatic carbocycles. The van der Waals surface area contributed by atoms with Gasteiger partial charge in [0.15, 0.2) is 0 Å². The summed E-state index contributed by atoms with van der Waals surface area (Å²) in [4.78, 5) is 2.33. The highest BCUT2D eigenvalue weighted by molar-refractivity contribution is 5.38. The van der Waals surface area contributed by atoms with Crippen LogP contribution in [-0.2, 0) is 6.54 Å². The van der Waals surface area contributed by atoms with Gasteiger partial charge in [-0.25, -0.2) is 0 Å². The molecule has 0 amide bonds. The number of hydrogen-bond donors (Lipinski definition) is 1. The zero-order chi connectivity index (χ0) is 13.8. The van der Waals surface area contributed by atoms with Crippen LogP contribution in [0.3, 0.4) is 0 Å². The molecule has 0 spiro atoms. The molecular weight excluding hydrogens is 242 g/mol. The number of ether oxygens (including phenoxy) is 2. The van der Waals surface area contributed by atoms with Crippen LogP contribution in [0, 0.1) is 0 Å². The first-order chi connectivity index (χ1) is 9.12. The van der Waals surface area contributed by atoms with Crippen LogP contribution in [0.2, 0.25) is 0 Å². The van der Waals surface area contributed by atoms with Crippen molar-refractivity contribution in [3.8, 4) is 11.5 Å². The number of aliphatic hydroxyl groups excluding tert-OH is 1. The molecule has 0 bridgehead atoms. The number of benzene rings is 1. The maximum Gasteiger partial charge on any atom is 0.122 e. The predicted molar refractivity (Wildman–Crippen MR) is 74.7 cm³/mol. The van der Waals surface area contributed by atoms with Gasteiger partial charge in [-0.2, -0.15) is 0 Å². The first-order valence-electron chi connectivity index (χ1n) is 6.76. The van der Waals surface area contributed by atoms with Crippen LogP contribution in [0.1, 0.15) is 25.3 Å². The third-order valence-electron chi connectivity index (χ3n) is 3.36. The van der Waals surface area contributed by atoms with Gasteiger partial charge in [-0.3, -0.25) is 4.90 Å². The van der Waals surface area contributed by atoms with Crippen molar-refractivity contribution in [3.05, 3.63) is 23.8 Å². The van der Waals surface area contributed by atoms with E-state index < -0.39 is 0 Å². The number of aliphatic hydroxyl groups is 1. The summed E-state index contributed by atoms with van der Waals surface area (Å²) in [6.45, 7) is 3.37. The molecule has 1 saturated carbocycles. The molecule has 4 nitrogen and oxygen atoms in total. The molecule has 0 aliphatic heterocycles. The Labute approximate surface area is 114 Å². The molecular formula is C15H23NO3. The normalized spacial score (nSPS) is 16.5. The summed E-state index contributed by atoms with van der Waals surface area (Å²) in [6, 6.07) is 6.55. The van der Waals surface area contributed by atoms with Crippen molar-refractivity contribution in [3.63, 3.8) is 0 Å². The van der Waals surface area contributed by atoms with Gasteiger partial charge in [0.2, 0.25) is 0 Å². The highest BCUT2D eigenvalue weighted by atomic mass is 16.5. The molecule has 4 heteroatoms. The fraction of sp³-hybridized carbons (Fsp3) is 0.600. The van der Waals surface area contributed by atoms with Gasteiger partial charge >= 0.3 is 0 Å². The molecule has 1 atom stereocenters. The first kappa shape index (κ1) is 14.2. The average Bonchev–Trinajstić information content (AvgIpc) is 3.21. The van der Waals surface area contributed by atoms with Gasteiger partial charge in [0.25, 0.3) is 0 Å². The van der Waals surface area contributed by atoms with Crippen molar-refractivity contribution in [2.24, 2.45) is 0 Å². The molecule has 0 radical (unpaired) electrons. The average molecular weight is 265 g/mol. The summed E-state index contributed by atoms with van der Waals surface area (Å²) >= 11 is 0. The van der Waals surface area contributed by atoms with Crippen LogP contribution in [0.5, 0.6) is 11.5 Å². The number of rotatable bonds is 7. The van der Waals surface area contributed by atoms with E-state index in [9.17, 15) is 5.11 Å². The maximum absolute atomic E-state index is 9.59. The summed E-state index contributed by atoms with van der Waals surface area (Å²) in [5.74, 6) is 1.62. The van der Waals surface area contributed by atoms with Crippen LogP contribution < -0.4 is 9.47 Å². The van der Waals surface area contributed by atoms with Gasteiger partial charge in [-0.05, 0) is 37.5 Å². The summed E-state index contributed by atoms with van der Waals surface area (Å²) in [5, 5.41) is 9.59. The van der Waals surface area contributed by atoms with Crippen molar-refractivity contribution < 1.29 is 14.6 Å². The van der Waals surface area contributed by atoms with Crippen LogP contribution in [-0.4, -0.2) is 42.9 Å². The Kier molecular flexibility index (Phi) is 4.66. The Bertz CT molecular complexity index is 394. The summed E-state index contributed by atoms with van der Waals surface area (Å²) in [6.07, 6.45) is 2.16. The zero-order valence-electron chi connectivity index (χ0n) is 11.9. The Hall–Kier alpha value is -1.26. The van der Waals surface area contributed by atoms with E-state index in [4.69, 9.17) is 9.47 Å². The third-order valence-corrected chi connectivity index (χ3v) is 3.36. The monoisotopic (exact) mass is 265 g/mol. The lowest BCUT2D eigenvalue weighted by molar-refractivity contribution is 0.117. The van der Waals surface area contributed by atoms with E-state index in [0.29, 0.717) is 12.6 Å². The van der Waals surface area contributed by atoms with Crippen LogP contribution >= 0.6 is 0 Å². The lowest BCUT2D eigenvalue weighted by Gasteiger charge is -2.24. The van der Waals surface area contributed by atoms with Crippen LogP contribution in [0.25, 0.3) is 0 Å². The predicted octanol–water partition coefficient (Wildman–Crippen LogP) is 2.05. The van der Waals surface area contributed by atoms with Crippen molar-refractivity contribution in [1.29, 1.82) is 0 Å². The molecule has 1 aliphatic rings. The lowest BCUT2D eigenvalue weighted by Crippen LogP contribution is -2.32. The molecule has 106 valence electrons. The van der Waals surface area contributed by atoms with E-state index in [2.05, 4.69) is 4.90 Å². The number of nitrogens with zero attached hydrogens (tertiary/aromatic N) is 1. The van der Waals surface area contributed by atoms with Crippen molar-refractivity contribution >= 4 is 0 Å². The molecule has 0 saturated heterocycles. The van der Waals surface area contributed by atoms with E-state index in [1.165, 1.54) is 12.8 Å². The van der Waals surface area contributed by atoms with Gasteiger partial charge in [0.1, 0.15) is 11.5 Å². The smallest absolute Gasteiger partial charge is 0.122 e. The SMILES string of the molecule is COc1cc(CN(CC(C)O)C2CC2)cc(OC)c1. The molecule has 1 fully saturated rings. The lowest BCUT2D eigenvalue weighted by atomic mass is 10.1. The maximum atomic E-state index is 9.59. The van der Waals surface area contributed by atoms with E-state index in [1.807, 2.05) is 25.1 Å². The molecule has 1 N–H and O–H groups in total. The van der Waals surface area contributed by atoms with E-state index in [0.717, 1.165) is 23.6 Å². The highest BCUT2D eigenvalue weighted by Crippen LogP contribution is 2.30. The molecule has 1 aromatic rings. The highest BCUT2D eigenvalue weighted by Gasteiger charge is 2.29. The van der Waals surface area contributed by atoms with Crippen LogP contribution in [0.15, 0.2) is 18.2 Å². The van der Waals surface area contributed by atoms with Crippen molar-refractivity contribution in [1.82, 2.24) is 4.90 Å². The van der Waals surface area contributed by atoms with Gasteiger partial charge in [-0.15, -0.1) is 0 Å². The van der Waals surface area contributed by atoms with Gasteiger partial charge < -0.3 is 14.6 Å². The Balaban J connectivity index is 2.11. The second-order valence-corrected chi connectivity index (χ2v) is 5.23. The second kappa shape index (κ2) is 6.26. The van der Waals surface area contributed by atoms with Crippen molar-refractivity contribution in [2.45, 2.75) is 38.5 Å². The van der Waals surface area contributed by atoms with E-state index >= 15 is 0 Å². The second-order valence-electron chi connectivity index (χ2n) is 5.23. The molecule has 0 heterocycles.